The lowest BCUT2D eigenvalue weighted by molar-refractivity contribution is -0.385. The number of nitrogens with zero attached hydrogens (tertiary/aromatic N) is 2. The first-order chi connectivity index (χ1) is 9.88. The molecule has 0 bridgehead atoms. The van der Waals surface area contributed by atoms with Gasteiger partial charge in [-0.05, 0) is 34.1 Å². The van der Waals surface area contributed by atoms with E-state index < -0.39 is 10.8 Å². The number of carbonyl (C=O) groups is 1. The average molecular weight is 435 g/mol. The van der Waals surface area contributed by atoms with Crippen molar-refractivity contribution in [3.8, 4) is 0 Å². The number of hydrogen-bond donors (Lipinski definition) is 1. The summed E-state index contributed by atoms with van der Waals surface area (Å²) in [7, 11) is 0. The molecule has 0 saturated heterocycles. The Morgan fingerprint density at radius 3 is 2.67 bits per heavy atom. The molecule has 0 aliphatic heterocycles. The van der Waals surface area contributed by atoms with Crippen LogP contribution in [0.25, 0.3) is 0 Å². The highest BCUT2D eigenvalue weighted by Crippen LogP contribution is 2.27. The van der Waals surface area contributed by atoms with Crippen LogP contribution in [0.1, 0.15) is 10.4 Å². The summed E-state index contributed by atoms with van der Waals surface area (Å²) >= 11 is 12.4. The fourth-order valence-corrected chi connectivity index (χ4v) is 2.81. The van der Waals surface area contributed by atoms with Gasteiger partial charge in [-0.15, -0.1) is 0 Å². The zero-order valence-corrected chi connectivity index (χ0v) is 14.1. The molecule has 0 aliphatic rings. The van der Waals surface area contributed by atoms with Gasteiger partial charge in [0.1, 0.15) is 11.3 Å². The van der Waals surface area contributed by atoms with Crippen LogP contribution in [0.3, 0.4) is 0 Å². The van der Waals surface area contributed by atoms with Gasteiger partial charge in [0.15, 0.2) is 0 Å². The molecule has 0 radical (unpaired) electrons. The molecule has 9 heteroatoms. The van der Waals surface area contributed by atoms with Gasteiger partial charge in [0.25, 0.3) is 11.6 Å². The second-order valence-corrected chi connectivity index (χ2v) is 6.00. The van der Waals surface area contributed by atoms with Crippen molar-refractivity contribution >= 4 is 60.7 Å². The number of nitrogens with one attached hydrogen (secondary N) is 1. The van der Waals surface area contributed by atoms with E-state index in [1.54, 1.807) is 18.2 Å². The maximum atomic E-state index is 12.2. The number of anilines is 1. The van der Waals surface area contributed by atoms with Crippen LogP contribution in [0.5, 0.6) is 0 Å². The number of hydrogen-bond acceptors (Lipinski definition) is 4. The van der Waals surface area contributed by atoms with Crippen molar-refractivity contribution in [3.63, 3.8) is 0 Å². The lowest BCUT2D eigenvalue weighted by Crippen LogP contribution is -2.13. The van der Waals surface area contributed by atoms with Crippen molar-refractivity contribution < 1.29 is 9.72 Å². The van der Waals surface area contributed by atoms with E-state index in [2.05, 4.69) is 42.2 Å². The minimum Gasteiger partial charge on any atom is -0.321 e. The molecule has 6 nitrogen and oxygen atoms in total. The summed E-state index contributed by atoms with van der Waals surface area (Å²) in [6, 6.07) is 6.25. The van der Waals surface area contributed by atoms with Gasteiger partial charge >= 0.3 is 0 Å². The van der Waals surface area contributed by atoms with E-state index in [0.717, 1.165) is 16.7 Å². The number of benzene rings is 1. The Kier molecular flexibility index (Phi) is 4.92. The minimum absolute atomic E-state index is 0.0688. The monoisotopic (exact) mass is 433 g/mol. The van der Waals surface area contributed by atoms with Crippen molar-refractivity contribution in [2.75, 3.05) is 5.32 Å². The molecule has 0 spiro atoms. The number of halogens is 3. The molecule has 1 amide bonds. The third-order valence-electron chi connectivity index (χ3n) is 2.46. The average Bonchev–Trinajstić information content (AvgIpc) is 2.42. The summed E-state index contributed by atoms with van der Waals surface area (Å²) in [5.74, 6) is -0.584. The third-order valence-corrected chi connectivity index (χ3v) is 3.91. The molecule has 2 rings (SSSR count). The molecule has 1 N–H and O–H groups in total. The molecule has 0 atom stereocenters. The van der Waals surface area contributed by atoms with Gasteiger partial charge in [0.2, 0.25) is 0 Å². The summed E-state index contributed by atoms with van der Waals surface area (Å²) in [4.78, 5) is 25.9. The van der Waals surface area contributed by atoms with Crippen LogP contribution in [0.15, 0.2) is 39.4 Å². The van der Waals surface area contributed by atoms with Gasteiger partial charge in [-0.25, -0.2) is 4.98 Å². The van der Waals surface area contributed by atoms with Crippen molar-refractivity contribution in [1.29, 1.82) is 0 Å². The van der Waals surface area contributed by atoms with Crippen molar-refractivity contribution in [1.82, 2.24) is 4.98 Å². The largest absolute Gasteiger partial charge is 0.321 e. The summed E-state index contributed by atoms with van der Waals surface area (Å²) in [6.45, 7) is 0. The first kappa shape index (κ1) is 15.9. The van der Waals surface area contributed by atoms with Crippen LogP contribution >= 0.6 is 43.5 Å². The molecule has 0 saturated carbocycles. The highest BCUT2D eigenvalue weighted by Gasteiger charge is 2.18. The maximum absolute atomic E-state index is 12.2. The molecular formula is C12H6Br2ClN3O3. The van der Waals surface area contributed by atoms with Crippen LogP contribution in [0.4, 0.5) is 11.4 Å². The van der Waals surface area contributed by atoms with E-state index in [4.69, 9.17) is 11.6 Å². The predicted molar refractivity (Wildman–Crippen MR) is 85.7 cm³/mol. The van der Waals surface area contributed by atoms with Gasteiger partial charge in [-0.1, -0.05) is 27.5 Å². The minimum atomic E-state index is -0.643. The zero-order chi connectivity index (χ0) is 15.6. The number of carbonyl (C=O) groups excluding carboxylic acids is 1. The molecule has 1 aromatic carbocycles. The second kappa shape index (κ2) is 6.50. The maximum Gasteiger partial charge on any atom is 0.288 e. The van der Waals surface area contributed by atoms with E-state index in [-0.39, 0.29) is 16.4 Å². The Labute approximate surface area is 140 Å². The number of nitro groups is 1. The molecule has 0 unspecified atom stereocenters. The highest BCUT2D eigenvalue weighted by molar-refractivity contribution is 9.11. The topological polar surface area (TPSA) is 85.1 Å². The Bertz CT molecular complexity index is 740. The van der Waals surface area contributed by atoms with E-state index >= 15 is 0 Å². The number of amides is 1. The summed E-state index contributed by atoms with van der Waals surface area (Å²) < 4.78 is 1.49. The standard InChI is InChI=1S/C12H6Br2ClN3O3/c13-6-1-2-10(9(14)3-6)17-12(19)8-4-7(18(20)21)5-16-11(8)15/h1-5H,(H,17,19). The molecule has 1 aromatic heterocycles. The lowest BCUT2D eigenvalue weighted by Gasteiger charge is -2.08. The van der Waals surface area contributed by atoms with E-state index in [0.29, 0.717) is 10.2 Å². The Balaban J connectivity index is 2.32. The SMILES string of the molecule is O=C(Nc1ccc(Br)cc1Br)c1cc([N+](=O)[O-])cnc1Cl. The Hall–Kier alpha value is -1.51. The van der Waals surface area contributed by atoms with Crippen LogP contribution in [0.2, 0.25) is 5.15 Å². The summed E-state index contributed by atoms with van der Waals surface area (Å²) in [5, 5.41) is 13.2. The first-order valence-corrected chi connectivity index (χ1v) is 7.41. The van der Waals surface area contributed by atoms with Crippen LogP contribution < -0.4 is 5.32 Å². The fraction of sp³-hybridized carbons (Fsp3) is 0. The van der Waals surface area contributed by atoms with Gasteiger partial charge < -0.3 is 5.32 Å². The van der Waals surface area contributed by atoms with Gasteiger partial charge in [0, 0.05) is 15.0 Å². The fourth-order valence-electron chi connectivity index (χ4n) is 1.48. The molecular weight excluding hydrogens is 429 g/mol. The molecule has 1 heterocycles. The Morgan fingerprint density at radius 1 is 1.33 bits per heavy atom. The molecule has 21 heavy (non-hydrogen) atoms. The predicted octanol–water partition coefficient (Wildman–Crippen LogP) is 4.42. The summed E-state index contributed by atoms with van der Waals surface area (Å²) in [6.07, 6.45) is 0.995. The van der Waals surface area contributed by atoms with Gasteiger partial charge in [0.05, 0.1) is 16.2 Å². The normalized spacial score (nSPS) is 10.2. The summed E-state index contributed by atoms with van der Waals surface area (Å²) in [5.41, 5.74) is 0.130. The van der Waals surface area contributed by atoms with E-state index in [1.165, 1.54) is 0 Å². The van der Waals surface area contributed by atoms with Crippen LogP contribution in [-0.4, -0.2) is 15.8 Å². The van der Waals surface area contributed by atoms with Crippen molar-refractivity contribution in [3.05, 3.63) is 60.2 Å². The van der Waals surface area contributed by atoms with Crippen LogP contribution in [-0.2, 0) is 0 Å². The molecule has 0 aliphatic carbocycles. The number of pyridine rings is 1. The highest BCUT2D eigenvalue weighted by atomic mass is 79.9. The number of aromatic nitrogens is 1. The third kappa shape index (κ3) is 3.78. The quantitative estimate of drug-likeness (QED) is 0.439. The lowest BCUT2D eigenvalue weighted by atomic mass is 10.2. The smallest absolute Gasteiger partial charge is 0.288 e. The van der Waals surface area contributed by atoms with Gasteiger partial charge in [-0.3, -0.25) is 14.9 Å². The Morgan fingerprint density at radius 2 is 2.05 bits per heavy atom. The molecule has 0 fully saturated rings. The van der Waals surface area contributed by atoms with Crippen LogP contribution in [0, 0.1) is 10.1 Å². The zero-order valence-electron chi connectivity index (χ0n) is 10.1. The second-order valence-electron chi connectivity index (χ2n) is 3.87. The molecule has 108 valence electrons. The van der Waals surface area contributed by atoms with E-state index in [9.17, 15) is 14.9 Å². The van der Waals surface area contributed by atoms with E-state index in [1.807, 2.05) is 0 Å². The first-order valence-electron chi connectivity index (χ1n) is 5.45. The number of rotatable bonds is 3. The van der Waals surface area contributed by atoms with Gasteiger partial charge in [-0.2, -0.15) is 0 Å². The van der Waals surface area contributed by atoms with Crippen molar-refractivity contribution in [2.45, 2.75) is 0 Å². The van der Waals surface area contributed by atoms with Crippen molar-refractivity contribution in [2.24, 2.45) is 0 Å². The molecule has 2 aromatic rings.